The zero-order valence-corrected chi connectivity index (χ0v) is 11.7. The van der Waals surface area contributed by atoms with E-state index in [1.54, 1.807) is 6.92 Å². The molecule has 2 fully saturated rings. The second-order valence-corrected chi connectivity index (χ2v) is 6.18. The Labute approximate surface area is 110 Å². The summed E-state index contributed by atoms with van der Waals surface area (Å²) >= 11 is 0. The monoisotopic (exact) mass is 254 g/mol. The van der Waals surface area contributed by atoms with Crippen molar-refractivity contribution in [2.24, 2.45) is 11.7 Å². The van der Waals surface area contributed by atoms with Crippen LogP contribution in [0.25, 0.3) is 0 Å². The molecule has 0 bridgehead atoms. The molecule has 1 unspecified atom stereocenters. The van der Waals surface area contributed by atoms with E-state index in [0.717, 1.165) is 24.9 Å². The Balaban J connectivity index is 1.70. The predicted molar refractivity (Wildman–Crippen MR) is 71.2 cm³/mol. The fourth-order valence-electron chi connectivity index (χ4n) is 2.48. The summed E-state index contributed by atoms with van der Waals surface area (Å²) in [6.07, 6.45) is 7.19. The number of esters is 1. The zero-order valence-electron chi connectivity index (χ0n) is 11.7. The van der Waals surface area contributed by atoms with Crippen molar-refractivity contribution < 1.29 is 9.53 Å². The lowest BCUT2D eigenvalue weighted by Gasteiger charge is -2.25. The molecule has 0 aliphatic heterocycles. The summed E-state index contributed by atoms with van der Waals surface area (Å²) in [6.45, 7) is 4.09. The van der Waals surface area contributed by atoms with Gasteiger partial charge in [-0.05, 0) is 57.9 Å². The van der Waals surface area contributed by atoms with Crippen molar-refractivity contribution in [1.82, 2.24) is 4.90 Å². The maximum absolute atomic E-state index is 11.5. The molecule has 2 aliphatic rings. The molecule has 0 aromatic rings. The van der Waals surface area contributed by atoms with Crippen LogP contribution in [0.5, 0.6) is 0 Å². The van der Waals surface area contributed by atoms with Crippen LogP contribution in [-0.4, -0.2) is 42.6 Å². The van der Waals surface area contributed by atoms with Gasteiger partial charge in [0.1, 0.15) is 5.54 Å². The van der Waals surface area contributed by atoms with Gasteiger partial charge in [-0.25, -0.2) is 0 Å². The Morgan fingerprint density at radius 2 is 2.06 bits per heavy atom. The van der Waals surface area contributed by atoms with Crippen LogP contribution < -0.4 is 5.73 Å². The molecule has 0 aromatic carbocycles. The van der Waals surface area contributed by atoms with E-state index in [2.05, 4.69) is 4.90 Å². The smallest absolute Gasteiger partial charge is 0.325 e. The van der Waals surface area contributed by atoms with Gasteiger partial charge < -0.3 is 15.4 Å². The molecule has 2 rings (SSSR count). The Morgan fingerprint density at radius 3 is 2.56 bits per heavy atom. The highest BCUT2D eigenvalue weighted by Gasteiger charge is 2.34. The molecule has 0 amide bonds. The van der Waals surface area contributed by atoms with Gasteiger partial charge in [-0.15, -0.1) is 0 Å². The van der Waals surface area contributed by atoms with Crippen LogP contribution >= 0.6 is 0 Å². The fraction of sp³-hybridized carbons (Fsp3) is 0.929. The van der Waals surface area contributed by atoms with E-state index in [-0.39, 0.29) is 5.97 Å². The number of carbonyl (C=O) groups is 1. The van der Waals surface area contributed by atoms with Crippen molar-refractivity contribution in [1.29, 1.82) is 0 Å². The lowest BCUT2D eigenvalue weighted by atomic mass is 9.97. The number of ether oxygens (including phenoxy) is 1. The number of nitrogens with two attached hydrogens (primary N) is 1. The number of nitrogens with zero attached hydrogens (tertiary/aromatic N) is 1. The molecule has 4 nitrogen and oxygen atoms in total. The van der Waals surface area contributed by atoms with Crippen LogP contribution in [0.1, 0.15) is 45.4 Å². The average molecular weight is 254 g/mol. The molecule has 0 aromatic heterocycles. The van der Waals surface area contributed by atoms with Crippen molar-refractivity contribution in [3.63, 3.8) is 0 Å². The van der Waals surface area contributed by atoms with Crippen molar-refractivity contribution in [2.75, 3.05) is 20.2 Å². The summed E-state index contributed by atoms with van der Waals surface area (Å²) < 4.78 is 4.73. The normalized spacial score (nSPS) is 22.9. The summed E-state index contributed by atoms with van der Waals surface area (Å²) in [4.78, 5) is 14.1. The first-order valence-electron chi connectivity index (χ1n) is 7.14. The Kier molecular flexibility index (Phi) is 4.28. The first-order chi connectivity index (χ1) is 8.53. The van der Waals surface area contributed by atoms with E-state index in [4.69, 9.17) is 10.5 Å². The van der Waals surface area contributed by atoms with E-state index >= 15 is 0 Å². The summed E-state index contributed by atoms with van der Waals surface area (Å²) in [6, 6.07) is 0.813. The van der Waals surface area contributed by atoms with Crippen molar-refractivity contribution in [3.05, 3.63) is 0 Å². The summed E-state index contributed by atoms with van der Waals surface area (Å²) in [5.74, 6) is 0.637. The van der Waals surface area contributed by atoms with Crippen LogP contribution in [0.2, 0.25) is 0 Å². The molecule has 2 saturated carbocycles. The lowest BCUT2D eigenvalue weighted by molar-refractivity contribution is -0.146. The van der Waals surface area contributed by atoms with E-state index in [9.17, 15) is 4.79 Å². The minimum Gasteiger partial charge on any atom is -0.468 e. The number of methoxy groups -OCH3 is 1. The van der Waals surface area contributed by atoms with Gasteiger partial charge in [-0.2, -0.15) is 0 Å². The molecule has 4 heteroatoms. The Morgan fingerprint density at radius 1 is 1.39 bits per heavy atom. The quantitative estimate of drug-likeness (QED) is 0.667. The van der Waals surface area contributed by atoms with E-state index < -0.39 is 5.54 Å². The van der Waals surface area contributed by atoms with Gasteiger partial charge >= 0.3 is 5.97 Å². The molecule has 2 N–H and O–H groups in total. The third kappa shape index (κ3) is 3.95. The van der Waals surface area contributed by atoms with Gasteiger partial charge in [0.05, 0.1) is 7.11 Å². The minimum absolute atomic E-state index is 0.303. The van der Waals surface area contributed by atoms with Crippen LogP contribution in [0.4, 0.5) is 0 Å². The highest BCUT2D eigenvalue weighted by Crippen LogP contribution is 2.35. The topological polar surface area (TPSA) is 55.6 Å². The fourth-order valence-corrected chi connectivity index (χ4v) is 2.48. The standard InChI is InChI=1S/C14H26N2O2/c1-14(15,13(17)18-2)8-3-9-16(12-6-7-12)10-11-4-5-11/h11-12H,3-10,15H2,1-2H3. The van der Waals surface area contributed by atoms with Gasteiger partial charge in [0.25, 0.3) is 0 Å². The van der Waals surface area contributed by atoms with Gasteiger partial charge in [-0.3, -0.25) is 4.79 Å². The van der Waals surface area contributed by atoms with Gasteiger partial charge in [0, 0.05) is 12.6 Å². The first kappa shape index (κ1) is 13.8. The molecular formula is C14H26N2O2. The van der Waals surface area contributed by atoms with Crippen LogP contribution in [-0.2, 0) is 9.53 Å². The van der Waals surface area contributed by atoms with E-state index in [0.29, 0.717) is 6.42 Å². The van der Waals surface area contributed by atoms with E-state index in [1.807, 2.05) is 0 Å². The molecule has 1 atom stereocenters. The van der Waals surface area contributed by atoms with Crippen molar-refractivity contribution >= 4 is 5.97 Å². The predicted octanol–water partition coefficient (Wildman–Crippen LogP) is 1.53. The van der Waals surface area contributed by atoms with Gasteiger partial charge in [0.2, 0.25) is 0 Å². The molecule has 0 radical (unpaired) electrons. The highest BCUT2D eigenvalue weighted by atomic mass is 16.5. The average Bonchev–Trinajstić information content (AvgIpc) is 3.17. The third-order valence-electron chi connectivity index (χ3n) is 4.05. The van der Waals surface area contributed by atoms with Gasteiger partial charge in [-0.1, -0.05) is 0 Å². The summed E-state index contributed by atoms with van der Waals surface area (Å²) in [5.41, 5.74) is 5.14. The number of carbonyl (C=O) groups excluding carboxylic acids is 1. The second-order valence-electron chi connectivity index (χ2n) is 6.18. The largest absolute Gasteiger partial charge is 0.468 e. The zero-order chi connectivity index (χ0) is 13.2. The second kappa shape index (κ2) is 5.57. The van der Waals surface area contributed by atoms with Crippen LogP contribution in [0, 0.1) is 5.92 Å². The minimum atomic E-state index is -0.830. The number of rotatable bonds is 8. The van der Waals surface area contributed by atoms with E-state index in [1.165, 1.54) is 39.3 Å². The van der Waals surface area contributed by atoms with Crippen LogP contribution in [0.15, 0.2) is 0 Å². The molecule has 0 saturated heterocycles. The maximum Gasteiger partial charge on any atom is 0.325 e. The molecule has 104 valence electrons. The van der Waals surface area contributed by atoms with Crippen molar-refractivity contribution in [2.45, 2.75) is 57.0 Å². The Bertz CT molecular complexity index is 296. The van der Waals surface area contributed by atoms with Gasteiger partial charge in [0.15, 0.2) is 0 Å². The van der Waals surface area contributed by atoms with Crippen molar-refractivity contribution in [3.8, 4) is 0 Å². The summed E-state index contributed by atoms with van der Waals surface area (Å²) in [5, 5.41) is 0. The number of hydrogen-bond donors (Lipinski definition) is 1. The highest BCUT2D eigenvalue weighted by molar-refractivity contribution is 5.79. The molecule has 2 aliphatic carbocycles. The third-order valence-corrected chi connectivity index (χ3v) is 4.05. The Hall–Kier alpha value is -0.610. The SMILES string of the molecule is COC(=O)C(C)(N)CCCN(CC1CC1)C1CC1. The summed E-state index contributed by atoms with van der Waals surface area (Å²) in [7, 11) is 1.40. The molecule has 18 heavy (non-hydrogen) atoms. The molecule has 0 spiro atoms. The number of hydrogen-bond acceptors (Lipinski definition) is 4. The lowest BCUT2D eigenvalue weighted by Crippen LogP contribution is -2.46. The van der Waals surface area contributed by atoms with Crippen LogP contribution in [0.3, 0.4) is 0 Å². The first-order valence-corrected chi connectivity index (χ1v) is 7.14. The molecular weight excluding hydrogens is 228 g/mol. The maximum atomic E-state index is 11.5. The molecule has 0 heterocycles.